The van der Waals surface area contributed by atoms with Crippen LogP contribution in [0.2, 0.25) is 0 Å². The highest BCUT2D eigenvalue weighted by Gasteiger charge is 2.22. The van der Waals surface area contributed by atoms with Crippen LogP contribution in [-0.4, -0.2) is 15.1 Å². The van der Waals surface area contributed by atoms with Gasteiger partial charge in [-0.1, -0.05) is 36.2 Å². The molecule has 0 spiro atoms. The summed E-state index contributed by atoms with van der Waals surface area (Å²) < 4.78 is 1.87. The van der Waals surface area contributed by atoms with Crippen LogP contribution in [0.4, 0.5) is 0 Å². The number of aryl methyl sites for hydroxylation is 1. The Labute approximate surface area is 94.8 Å². The van der Waals surface area contributed by atoms with E-state index in [-0.39, 0.29) is 0 Å². The van der Waals surface area contributed by atoms with E-state index in [4.69, 9.17) is 0 Å². The van der Waals surface area contributed by atoms with Crippen LogP contribution in [0.25, 0.3) is 0 Å². The first kappa shape index (κ1) is 11.8. The van der Waals surface area contributed by atoms with E-state index in [0.717, 1.165) is 11.8 Å². The van der Waals surface area contributed by atoms with E-state index in [1.54, 1.807) is 0 Å². The Kier molecular flexibility index (Phi) is 4.17. The second-order valence-corrected chi connectivity index (χ2v) is 4.95. The zero-order valence-corrected chi connectivity index (χ0v) is 10.8. The van der Waals surface area contributed by atoms with Gasteiger partial charge < -0.3 is 0 Å². The molecule has 0 saturated heterocycles. The highest BCUT2D eigenvalue weighted by atomic mass is 79.9. The van der Waals surface area contributed by atoms with E-state index in [1.807, 2.05) is 17.9 Å². The van der Waals surface area contributed by atoms with Crippen molar-refractivity contribution in [3.8, 4) is 0 Å². The summed E-state index contributed by atoms with van der Waals surface area (Å²) in [6.07, 6.45) is 7.68. The zero-order chi connectivity index (χ0) is 10.6. The molecule has 0 saturated carbocycles. The number of alkyl halides is 1. The first-order valence-electron chi connectivity index (χ1n) is 5.13. The normalized spacial score (nSPS) is 15.4. The average molecular weight is 259 g/mol. The molecule has 0 radical (unpaired) electrons. The minimum atomic E-state index is 0.373. The van der Waals surface area contributed by atoms with E-state index in [1.165, 1.54) is 18.4 Å². The molecule has 1 aromatic heterocycles. The fourth-order valence-electron chi connectivity index (χ4n) is 1.86. The van der Waals surface area contributed by atoms with E-state index in [0.29, 0.717) is 5.41 Å². The van der Waals surface area contributed by atoms with Gasteiger partial charge in [-0.2, -0.15) is 5.10 Å². The van der Waals surface area contributed by atoms with E-state index in [2.05, 4.69) is 41.1 Å². The minimum absolute atomic E-state index is 0.373. The Balaban J connectivity index is 2.64. The third kappa shape index (κ3) is 3.12. The molecule has 1 rings (SSSR count). The van der Waals surface area contributed by atoms with Gasteiger partial charge in [0.05, 0.1) is 6.20 Å². The van der Waals surface area contributed by atoms with E-state index < -0.39 is 0 Å². The van der Waals surface area contributed by atoms with Gasteiger partial charge in [-0.3, -0.25) is 4.68 Å². The Hall–Kier alpha value is -0.310. The smallest absolute Gasteiger partial charge is 0.0521 e. The lowest BCUT2D eigenvalue weighted by Gasteiger charge is -2.26. The summed E-state index contributed by atoms with van der Waals surface area (Å²) >= 11 is 3.61. The van der Waals surface area contributed by atoms with Gasteiger partial charge in [0, 0.05) is 18.6 Å². The summed E-state index contributed by atoms with van der Waals surface area (Å²) in [6.45, 7) is 4.57. The lowest BCUT2D eigenvalue weighted by Crippen LogP contribution is -2.21. The first-order chi connectivity index (χ1) is 6.59. The maximum atomic E-state index is 4.20. The van der Waals surface area contributed by atoms with Gasteiger partial charge in [-0.05, 0) is 23.8 Å². The van der Waals surface area contributed by atoms with Gasteiger partial charge in [0.25, 0.3) is 0 Å². The van der Waals surface area contributed by atoms with Crippen molar-refractivity contribution in [1.82, 2.24) is 9.78 Å². The van der Waals surface area contributed by atoms with Crippen LogP contribution in [0.5, 0.6) is 0 Å². The summed E-state index contributed by atoms with van der Waals surface area (Å²) in [5.41, 5.74) is 1.71. The molecule has 14 heavy (non-hydrogen) atoms. The second kappa shape index (κ2) is 4.96. The monoisotopic (exact) mass is 258 g/mol. The van der Waals surface area contributed by atoms with Gasteiger partial charge in [-0.15, -0.1) is 0 Å². The molecular weight excluding hydrogens is 240 g/mol. The second-order valence-electron chi connectivity index (χ2n) is 4.39. The molecule has 0 amide bonds. The molecule has 1 heterocycles. The van der Waals surface area contributed by atoms with Crippen molar-refractivity contribution in [2.24, 2.45) is 12.5 Å². The van der Waals surface area contributed by atoms with Gasteiger partial charge in [-0.25, -0.2) is 0 Å². The summed E-state index contributed by atoms with van der Waals surface area (Å²) in [6, 6.07) is 0. The number of hydrogen-bond donors (Lipinski definition) is 0. The third-order valence-electron chi connectivity index (χ3n) is 2.57. The maximum Gasteiger partial charge on any atom is 0.0521 e. The fraction of sp³-hybridized carbons (Fsp3) is 0.727. The highest BCUT2D eigenvalue weighted by molar-refractivity contribution is 9.09. The molecule has 0 N–H and O–H groups in total. The number of rotatable bonds is 5. The summed E-state index contributed by atoms with van der Waals surface area (Å²) in [5, 5.41) is 5.25. The number of aromatic nitrogens is 2. The Bertz CT molecular complexity index is 283. The first-order valence-corrected chi connectivity index (χ1v) is 6.25. The van der Waals surface area contributed by atoms with Crippen LogP contribution in [0.1, 0.15) is 32.3 Å². The largest absolute Gasteiger partial charge is 0.276 e. The van der Waals surface area contributed by atoms with Crippen LogP contribution < -0.4 is 0 Å². The van der Waals surface area contributed by atoms with Crippen LogP contribution in [0.3, 0.4) is 0 Å². The molecule has 0 bridgehead atoms. The predicted molar refractivity (Wildman–Crippen MR) is 63.7 cm³/mol. The van der Waals surface area contributed by atoms with Gasteiger partial charge >= 0.3 is 0 Å². The number of nitrogens with zero attached hydrogens (tertiary/aromatic N) is 2. The molecule has 80 valence electrons. The molecule has 0 aliphatic heterocycles. The summed E-state index contributed by atoms with van der Waals surface area (Å²) in [4.78, 5) is 0. The molecule has 0 aliphatic carbocycles. The quantitative estimate of drug-likeness (QED) is 0.743. The SMILES string of the molecule is CCCC(C)(CBr)Cc1cnn(C)c1. The average Bonchev–Trinajstić information content (AvgIpc) is 2.51. The topological polar surface area (TPSA) is 17.8 Å². The van der Waals surface area contributed by atoms with Gasteiger partial charge in [0.15, 0.2) is 0 Å². The van der Waals surface area contributed by atoms with Crippen molar-refractivity contribution in [2.75, 3.05) is 5.33 Å². The van der Waals surface area contributed by atoms with Crippen molar-refractivity contribution in [1.29, 1.82) is 0 Å². The molecule has 0 fully saturated rings. The fourth-order valence-corrected chi connectivity index (χ4v) is 2.34. The number of halogens is 1. The van der Waals surface area contributed by atoms with Crippen LogP contribution >= 0.6 is 15.9 Å². The summed E-state index contributed by atoms with van der Waals surface area (Å²) in [5.74, 6) is 0. The van der Waals surface area contributed by atoms with Gasteiger partial charge in [0.2, 0.25) is 0 Å². The van der Waals surface area contributed by atoms with Crippen molar-refractivity contribution in [3.05, 3.63) is 18.0 Å². The molecule has 3 heteroatoms. The standard InChI is InChI=1S/C11H19BrN2/c1-4-5-11(2,9-12)6-10-7-13-14(3)8-10/h7-8H,4-6,9H2,1-3H3. The third-order valence-corrected chi connectivity index (χ3v) is 3.92. The van der Waals surface area contributed by atoms with E-state index >= 15 is 0 Å². The molecule has 1 unspecified atom stereocenters. The van der Waals surface area contributed by atoms with Crippen LogP contribution in [-0.2, 0) is 13.5 Å². The van der Waals surface area contributed by atoms with Crippen molar-refractivity contribution in [3.63, 3.8) is 0 Å². The Morgan fingerprint density at radius 3 is 2.71 bits per heavy atom. The molecule has 0 aliphatic rings. The Morgan fingerprint density at radius 2 is 2.29 bits per heavy atom. The zero-order valence-electron chi connectivity index (χ0n) is 9.26. The maximum absolute atomic E-state index is 4.20. The van der Waals surface area contributed by atoms with Crippen LogP contribution in [0.15, 0.2) is 12.4 Å². The van der Waals surface area contributed by atoms with Crippen LogP contribution in [0, 0.1) is 5.41 Å². The van der Waals surface area contributed by atoms with Crippen molar-refractivity contribution >= 4 is 15.9 Å². The lowest BCUT2D eigenvalue weighted by atomic mass is 9.82. The molecular formula is C11H19BrN2. The summed E-state index contributed by atoms with van der Waals surface area (Å²) in [7, 11) is 1.97. The molecule has 2 nitrogen and oxygen atoms in total. The number of hydrogen-bond acceptors (Lipinski definition) is 1. The highest BCUT2D eigenvalue weighted by Crippen LogP contribution is 2.30. The predicted octanol–water partition coefficient (Wildman–Crippen LogP) is 3.16. The van der Waals surface area contributed by atoms with Crippen molar-refractivity contribution in [2.45, 2.75) is 33.1 Å². The molecule has 1 atom stereocenters. The minimum Gasteiger partial charge on any atom is -0.276 e. The Morgan fingerprint density at radius 1 is 1.57 bits per heavy atom. The van der Waals surface area contributed by atoms with E-state index in [9.17, 15) is 0 Å². The molecule has 0 aromatic carbocycles. The van der Waals surface area contributed by atoms with Gasteiger partial charge in [0.1, 0.15) is 0 Å². The lowest BCUT2D eigenvalue weighted by molar-refractivity contribution is 0.340. The van der Waals surface area contributed by atoms with Crippen molar-refractivity contribution < 1.29 is 0 Å². The molecule has 1 aromatic rings.